The van der Waals surface area contributed by atoms with Crippen LogP contribution in [0, 0.1) is 17.2 Å². The number of aromatic nitrogens is 1. The molecule has 32 heavy (non-hydrogen) atoms. The average Bonchev–Trinajstić information content (AvgIpc) is 3.54. The Morgan fingerprint density at radius 1 is 1.00 bits per heavy atom. The Bertz CT molecular complexity index is 1070. The zero-order chi connectivity index (χ0) is 21.8. The van der Waals surface area contributed by atoms with Crippen LogP contribution in [0.4, 0.5) is 0 Å². The van der Waals surface area contributed by atoms with E-state index in [2.05, 4.69) is 21.0 Å². The van der Waals surface area contributed by atoms with Gasteiger partial charge in [-0.1, -0.05) is 17.3 Å². The van der Waals surface area contributed by atoms with Gasteiger partial charge in [0.2, 0.25) is 0 Å². The fourth-order valence-corrected chi connectivity index (χ4v) is 4.16. The van der Waals surface area contributed by atoms with E-state index in [9.17, 15) is 0 Å². The number of hydrogen-bond donors (Lipinski definition) is 0. The van der Waals surface area contributed by atoms with Crippen LogP contribution in [0.5, 0.6) is 5.75 Å². The molecule has 5 rings (SSSR count). The molecule has 0 atom stereocenters. The Morgan fingerprint density at radius 3 is 2.53 bits per heavy atom. The molecule has 3 aromatic rings. The van der Waals surface area contributed by atoms with Crippen LogP contribution in [0.15, 0.2) is 59.1 Å². The van der Waals surface area contributed by atoms with Crippen LogP contribution in [-0.4, -0.2) is 47.7 Å². The van der Waals surface area contributed by atoms with Gasteiger partial charge in [0.1, 0.15) is 12.4 Å². The highest BCUT2D eigenvalue weighted by atomic mass is 16.5. The first kappa shape index (κ1) is 20.7. The molecule has 1 saturated heterocycles. The molecule has 6 heteroatoms. The van der Waals surface area contributed by atoms with E-state index >= 15 is 0 Å². The van der Waals surface area contributed by atoms with Gasteiger partial charge >= 0.3 is 0 Å². The smallest absolute Gasteiger partial charge is 0.167 e. The fraction of sp³-hybridized carbons (Fsp3) is 0.385. The Balaban J connectivity index is 1.12. The lowest BCUT2D eigenvalue weighted by atomic mass is 10.1. The molecular weight excluding hydrogens is 400 g/mol. The van der Waals surface area contributed by atoms with E-state index in [1.165, 1.54) is 19.4 Å². The van der Waals surface area contributed by atoms with Crippen LogP contribution in [-0.2, 0) is 13.2 Å². The minimum absolute atomic E-state index is 0.426. The second-order valence-electron chi connectivity index (χ2n) is 8.83. The zero-order valence-corrected chi connectivity index (χ0v) is 18.2. The molecule has 1 aliphatic heterocycles. The minimum atomic E-state index is 0.426. The quantitative estimate of drug-likeness (QED) is 0.532. The number of piperazine rings is 1. The Morgan fingerprint density at radius 2 is 1.78 bits per heavy atom. The van der Waals surface area contributed by atoms with E-state index in [-0.39, 0.29) is 0 Å². The third kappa shape index (κ3) is 5.37. The number of benzene rings is 2. The second kappa shape index (κ2) is 9.56. The monoisotopic (exact) mass is 428 g/mol. The first-order valence-corrected chi connectivity index (χ1v) is 11.4. The van der Waals surface area contributed by atoms with Gasteiger partial charge in [-0.2, -0.15) is 5.26 Å². The molecule has 0 N–H and O–H groups in total. The van der Waals surface area contributed by atoms with Crippen molar-refractivity contribution in [1.82, 2.24) is 15.0 Å². The Kier molecular flexibility index (Phi) is 6.20. The van der Waals surface area contributed by atoms with Crippen molar-refractivity contribution in [3.8, 4) is 23.1 Å². The van der Waals surface area contributed by atoms with Gasteiger partial charge in [0.05, 0.1) is 17.3 Å². The van der Waals surface area contributed by atoms with Crippen molar-refractivity contribution in [2.75, 3.05) is 32.7 Å². The first-order chi connectivity index (χ1) is 15.7. The molecule has 0 amide bonds. The normalized spacial score (nSPS) is 17.2. The SMILES string of the molecule is N#Cc1cccc(COc2ccc(-c3cc(CN4CCN(CC5CC5)CC4)no3)cc2)c1. The lowest BCUT2D eigenvalue weighted by molar-refractivity contribution is 0.121. The predicted molar refractivity (Wildman–Crippen MR) is 122 cm³/mol. The van der Waals surface area contributed by atoms with E-state index in [1.54, 1.807) is 6.07 Å². The summed E-state index contributed by atoms with van der Waals surface area (Å²) in [5.41, 5.74) is 3.58. The lowest BCUT2D eigenvalue weighted by Crippen LogP contribution is -2.46. The standard InChI is InChI=1S/C26H28N4O2/c27-16-21-2-1-3-22(14-21)19-31-25-8-6-23(7-9-25)26-15-24(28-32-26)18-30-12-10-29(11-13-30)17-20-4-5-20/h1-3,6-9,14-15,20H,4-5,10-13,17-19H2. The molecule has 0 spiro atoms. The summed E-state index contributed by atoms with van der Waals surface area (Å²) in [5.74, 6) is 2.52. The summed E-state index contributed by atoms with van der Waals surface area (Å²) in [6.45, 7) is 7.05. The highest BCUT2D eigenvalue weighted by Crippen LogP contribution is 2.30. The van der Waals surface area contributed by atoms with Crippen molar-refractivity contribution in [3.05, 3.63) is 71.4 Å². The van der Waals surface area contributed by atoms with E-state index in [0.717, 1.165) is 67.0 Å². The van der Waals surface area contributed by atoms with Crippen LogP contribution in [0.2, 0.25) is 0 Å². The van der Waals surface area contributed by atoms with E-state index in [4.69, 9.17) is 14.5 Å². The summed E-state index contributed by atoms with van der Waals surface area (Å²) < 4.78 is 11.5. The molecular formula is C26H28N4O2. The van der Waals surface area contributed by atoms with Crippen LogP contribution in [0.3, 0.4) is 0 Å². The van der Waals surface area contributed by atoms with Crippen LogP contribution >= 0.6 is 0 Å². The summed E-state index contributed by atoms with van der Waals surface area (Å²) in [4.78, 5) is 5.07. The molecule has 1 saturated carbocycles. The van der Waals surface area contributed by atoms with Crippen LogP contribution < -0.4 is 4.74 Å². The number of nitriles is 1. The van der Waals surface area contributed by atoms with Gasteiger partial charge in [-0.25, -0.2) is 0 Å². The molecule has 1 aromatic heterocycles. The molecule has 6 nitrogen and oxygen atoms in total. The van der Waals surface area contributed by atoms with Crippen molar-refractivity contribution >= 4 is 0 Å². The second-order valence-corrected chi connectivity index (χ2v) is 8.83. The molecule has 0 radical (unpaired) electrons. The summed E-state index contributed by atoms with van der Waals surface area (Å²) >= 11 is 0. The maximum atomic E-state index is 9.01. The van der Waals surface area contributed by atoms with Crippen molar-refractivity contribution in [2.24, 2.45) is 5.92 Å². The highest BCUT2D eigenvalue weighted by Gasteiger charge is 2.26. The summed E-state index contributed by atoms with van der Waals surface area (Å²) in [7, 11) is 0. The number of nitrogens with zero attached hydrogens (tertiary/aromatic N) is 4. The van der Waals surface area contributed by atoms with Crippen molar-refractivity contribution in [2.45, 2.75) is 26.0 Å². The first-order valence-electron chi connectivity index (χ1n) is 11.4. The van der Waals surface area contributed by atoms with Gasteiger partial charge in [0.25, 0.3) is 0 Å². The lowest BCUT2D eigenvalue weighted by Gasteiger charge is -2.34. The van der Waals surface area contributed by atoms with Gasteiger partial charge in [0.15, 0.2) is 5.76 Å². The average molecular weight is 429 g/mol. The van der Waals surface area contributed by atoms with Gasteiger partial charge in [0, 0.05) is 50.9 Å². The number of ether oxygens (including phenoxy) is 1. The van der Waals surface area contributed by atoms with Gasteiger partial charge in [-0.3, -0.25) is 4.90 Å². The minimum Gasteiger partial charge on any atom is -0.489 e. The van der Waals surface area contributed by atoms with E-state index in [0.29, 0.717) is 12.2 Å². The fourth-order valence-electron chi connectivity index (χ4n) is 4.16. The van der Waals surface area contributed by atoms with Crippen molar-refractivity contribution in [1.29, 1.82) is 5.26 Å². The van der Waals surface area contributed by atoms with E-state index in [1.807, 2.05) is 48.5 Å². The summed E-state index contributed by atoms with van der Waals surface area (Å²) in [6.07, 6.45) is 2.84. The van der Waals surface area contributed by atoms with Crippen LogP contribution in [0.1, 0.15) is 29.7 Å². The van der Waals surface area contributed by atoms with Crippen LogP contribution in [0.25, 0.3) is 11.3 Å². The van der Waals surface area contributed by atoms with Crippen molar-refractivity contribution in [3.63, 3.8) is 0 Å². The molecule has 164 valence electrons. The maximum absolute atomic E-state index is 9.01. The van der Waals surface area contributed by atoms with E-state index < -0.39 is 0 Å². The summed E-state index contributed by atoms with van der Waals surface area (Å²) in [6, 6.07) is 19.5. The van der Waals surface area contributed by atoms with Gasteiger partial charge < -0.3 is 14.2 Å². The molecule has 2 heterocycles. The molecule has 2 aromatic carbocycles. The topological polar surface area (TPSA) is 65.5 Å². The number of rotatable bonds is 8. The molecule has 2 fully saturated rings. The Labute approximate surface area is 189 Å². The Hall–Kier alpha value is -3.14. The maximum Gasteiger partial charge on any atom is 0.167 e. The molecule has 0 unspecified atom stereocenters. The number of hydrogen-bond acceptors (Lipinski definition) is 6. The highest BCUT2D eigenvalue weighted by molar-refractivity contribution is 5.58. The summed E-state index contributed by atoms with van der Waals surface area (Å²) in [5, 5.41) is 13.3. The van der Waals surface area contributed by atoms with Gasteiger partial charge in [-0.05, 0) is 60.7 Å². The molecule has 1 aliphatic carbocycles. The van der Waals surface area contributed by atoms with Gasteiger partial charge in [-0.15, -0.1) is 0 Å². The third-order valence-electron chi connectivity index (χ3n) is 6.22. The van der Waals surface area contributed by atoms with Crippen molar-refractivity contribution < 1.29 is 9.26 Å². The molecule has 0 bridgehead atoms. The zero-order valence-electron chi connectivity index (χ0n) is 18.2. The largest absolute Gasteiger partial charge is 0.489 e. The molecule has 2 aliphatic rings. The predicted octanol–water partition coefficient (Wildman–Crippen LogP) is 4.32. The third-order valence-corrected chi connectivity index (χ3v) is 6.22.